The van der Waals surface area contributed by atoms with Crippen LogP contribution in [0.2, 0.25) is 0 Å². The molecule has 7 nitrogen and oxygen atoms in total. The number of Topliss-reactive ketones (excluding diaryl/α,β-unsaturated/α-hetero) is 1. The first-order chi connectivity index (χ1) is 14.8. The molecule has 0 saturated carbocycles. The van der Waals surface area contributed by atoms with Crippen molar-refractivity contribution in [2.45, 2.75) is 59.2 Å². The van der Waals surface area contributed by atoms with E-state index >= 15 is 0 Å². The number of aromatic nitrogens is 2. The molecule has 2 aliphatic rings. The Morgan fingerprint density at radius 1 is 1.03 bits per heavy atom. The fourth-order valence-electron chi connectivity index (χ4n) is 4.82. The van der Waals surface area contributed by atoms with Gasteiger partial charge >= 0.3 is 6.03 Å². The molecular weight excluding hydrogens is 390 g/mol. The van der Waals surface area contributed by atoms with Gasteiger partial charge in [0.05, 0.1) is 0 Å². The normalized spacial score (nSPS) is 22.2. The van der Waals surface area contributed by atoms with Crippen molar-refractivity contribution < 1.29 is 9.59 Å². The first kappa shape index (κ1) is 21.6. The minimum atomic E-state index is -0.164. The highest BCUT2D eigenvalue weighted by Crippen LogP contribution is 2.34. The van der Waals surface area contributed by atoms with E-state index in [-0.39, 0.29) is 11.8 Å². The molecule has 7 heteroatoms. The molecule has 1 amide bonds. The second-order valence-electron chi connectivity index (χ2n) is 9.06. The van der Waals surface area contributed by atoms with Crippen LogP contribution in [0.25, 0.3) is 0 Å². The zero-order chi connectivity index (χ0) is 22.1. The standard InChI is InChI=1S/C24H33N5O2/c1-17-5-8-21(23(15-17)29-18(2)6-7-19(29)3)16-26-11-13-27(14-12-26)24(31)28-10-9-22(25-28)20(4)30/h5,8-10,15,18-19H,6-7,11-14,16H2,1-4H3. The third-order valence-corrected chi connectivity index (χ3v) is 6.65. The van der Waals surface area contributed by atoms with E-state index in [1.165, 1.54) is 41.3 Å². The van der Waals surface area contributed by atoms with Gasteiger partial charge in [0, 0.05) is 63.6 Å². The van der Waals surface area contributed by atoms with Crippen LogP contribution in [-0.2, 0) is 6.54 Å². The maximum absolute atomic E-state index is 12.7. The van der Waals surface area contributed by atoms with Crippen molar-refractivity contribution in [2.24, 2.45) is 0 Å². The Labute approximate surface area is 184 Å². The maximum atomic E-state index is 12.7. The number of anilines is 1. The lowest BCUT2D eigenvalue weighted by Gasteiger charge is -2.36. The molecular formula is C24H33N5O2. The SMILES string of the molecule is CC(=O)c1ccn(C(=O)N2CCN(Cc3ccc(C)cc3N3C(C)CCC3C)CC2)n1. The monoisotopic (exact) mass is 423 g/mol. The van der Waals surface area contributed by atoms with Gasteiger partial charge in [-0.15, -0.1) is 0 Å². The highest BCUT2D eigenvalue weighted by molar-refractivity contribution is 5.92. The molecule has 0 aliphatic carbocycles. The molecule has 2 atom stereocenters. The molecule has 2 saturated heterocycles. The van der Waals surface area contributed by atoms with Crippen LogP contribution in [0.5, 0.6) is 0 Å². The van der Waals surface area contributed by atoms with Gasteiger partial charge < -0.3 is 9.80 Å². The van der Waals surface area contributed by atoms with E-state index in [9.17, 15) is 9.59 Å². The lowest BCUT2D eigenvalue weighted by atomic mass is 10.1. The van der Waals surface area contributed by atoms with Crippen LogP contribution in [0.3, 0.4) is 0 Å². The molecule has 166 valence electrons. The Hall–Kier alpha value is -2.67. The molecule has 2 fully saturated rings. The van der Waals surface area contributed by atoms with Gasteiger partial charge in [0.15, 0.2) is 5.78 Å². The summed E-state index contributed by atoms with van der Waals surface area (Å²) in [6, 6.07) is 9.37. The molecule has 3 heterocycles. The number of carbonyl (C=O) groups is 2. The van der Waals surface area contributed by atoms with Gasteiger partial charge in [0.1, 0.15) is 5.69 Å². The lowest BCUT2D eigenvalue weighted by molar-refractivity contribution is 0.101. The first-order valence-electron chi connectivity index (χ1n) is 11.3. The van der Waals surface area contributed by atoms with Crippen LogP contribution >= 0.6 is 0 Å². The Balaban J connectivity index is 1.41. The molecule has 1 aromatic heterocycles. The van der Waals surface area contributed by atoms with E-state index in [0.717, 1.165) is 19.6 Å². The summed E-state index contributed by atoms with van der Waals surface area (Å²) >= 11 is 0. The summed E-state index contributed by atoms with van der Waals surface area (Å²) in [6.07, 6.45) is 4.06. The topological polar surface area (TPSA) is 61.7 Å². The minimum absolute atomic E-state index is 0.132. The number of hydrogen-bond donors (Lipinski definition) is 0. The average Bonchev–Trinajstić information content (AvgIpc) is 3.37. The van der Waals surface area contributed by atoms with Crippen molar-refractivity contribution in [3.05, 3.63) is 47.3 Å². The van der Waals surface area contributed by atoms with Gasteiger partial charge in [-0.2, -0.15) is 9.78 Å². The molecule has 1 aromatic carbocycles. The zero-order valence-corrected chi connectivity index (χ0v) is 19.0. The molecule has 2 aliphatic heterocycles. The largest absolute Gasteiger partial charge is 0.366 e. The van der Waals surface area contributed by atoms with E-state index in [0.29, 0.717) is 30.9 Å². The van der Waals surface area contributed by atoms with Gasteiger partial charge in [-0.05, 0) is 56.9 Å². The molecule has 31 heavy (non-hydrogen) atoms. The van der Waals surface area contributed by atoms with Gasteiger partial charge in [0.2, 0.25) is 0 Å². The van der Waals surface area contributed by atoms with Crippen molar-refractivity contribution in [2.75, 3.05) is 31.1 Å². The number of piperazine rings is 1. The second-order valence-corrected chi connectivity index (χ2v) is 9.06. The van der Waals surface area contributed by atoms with Crippen LogP contribution in [0.1, 0.15) is 55.2 Å². The molecule has 4 rings (SSSR count). The van der Waals surface area contributed by atoms with Crippen LogP contribution in [-0.4, -0.2) is 69.7 Å². The first-order valence-corrected chi connectivity index (χ1v) is 11.3. The van der Waals surface area contributed by atoms with E-state index < -0.39 is 0 Å². The number of ketones is 1. The summed E-state index contributed by atoms with van der Waals surface area (Å²) in [4.78, 5) is 31.0. The highest BCUT2D eigenvalue weighted by atomic mass is 16.2. The van der Waals surface area contributed by atoms with Gasteiger partial charge in [-0.25, -0.2) is 4.79 Å². The van der Waals surface area contributed by atoms with Gasteiger partial charge in [-0.1, -0.05) is 12.1 Å². The van der Waals surface area contributed by atoms with E-state index in [1.54, 1.807) is 12.3 Å². The Morgan fingerprint density at radius 3 is 2.32 bits per heavy atom. The van der Waals surface area contributed by atoms with Gasteiger partial charge in [-0.3, -0.25) is 9.69 Å². The molecule has 0 N–H and O–H groups in total. The van der Waals surface area contributed by atoms with E-state index in [4.69, 9.17) is 0 Å². The average molecular weight is 424 g/mol. The third-order valence-electron chi connectivity index (χ3n) is 6.65. The Morgan fingerprint density at radius 2 is 1.71 bits per heavy atom. The van der Waals surface area contributed by atoms with Crippen molar-refractivity contribution in [1.82, 2.24) is 19.6 Å². The van der Waals surface area contributed by atoms with Crippen molar-refractivity contribution in [3.63, 3.8) is 0 Å². The molecule has 2 unspecified atom stereocenters. The molecule has 0 bridgehead atoms. The summed E-state index contributed by atoms with van der Waals surface area (Å²) in [5.74, 6) is -0.132. The summed E-state index contributed by atoms with van der Waals surface area (Å²) < 4.78 is 1.28. The van der Waals surface area contributed by atoms with Crippen LogP contribution < -0.4 is 4.90 Å². The van der Waals surface area contributed by atoms with Crippen LogP contribution in [0.4, 0.5) is 10.5 Å². The number of carbonyl (C=O) groups excluding carboxylic acids is 2. The molecule has 0 radical (unpaired) electrons. The van der Waals surface area contributed by atoms with Crippen LogP contribution in [0, 0.1) is 6.92 Å². The summed E-state index contributed by atoms with van der Waals surface area (Å²) in [5.41, 5.74) is 4.35. The minimum Gasteiger partial charge on any atom is -0.366 e. The number of amides is 1. The Bertz CT molecular complexity index is 951. The summed E-state index contributed by atoms with van der Waals surface area (Å²) in [7, 11) is 0. The highest BCUT2D eigenvalue weighted by Gasteiger charge is 2.30. The molecule has 2 aromatic rings. The number of benzene rings is 1. The predicted molar refractivity (Wildman–Crippen MR) is 122 cm³/mol. The fourth-order valence-corrected chi connectivity index (χ4v) is 4.82. The van der Waals surface area contributed by atoms with Crippen molar-refractivity contribution >= 4 is 17.5 Å². The van der Waals surface area contributed by atoms with E-state index in [1.807, 2.05) is 4.90 Å². The zero-order valence-electron chi connectivity index (χ0n) is 19.0. The smallest absolute Gasteiger partial charge is 0.344 e. The number of hydrogen-bond acceptors (Lipinski definition) is 5. The van der Waals surface area contributed by atoms with Gasteiger partial charge in [0.25, 0.3) is 0 Å². The van der Waals surface area contributed by atoms with Crippen LogP contribution in [0.15, 0.2) is 30.5 Å². The number of rotatable bonds is 4. The summed E-state index contributed by atoms with van der Waals surface area (Å²) in [6.45, 7) is 12.1. The van der Waals surface area contributed by atoms with Crippen molar-refractivity contribution in [3.8, 4) is 0 Å². The second kappa shape index (κ2) is 8.83. The fraction of sp³-hybridized carbons (Fsp3) is 0.542. The molecule has 0 spiro atoms. The summed E-state index contributed by atoms with van der Waals surface area (Å²) in [5, 5.41) is 4.11. The predicted octanol–water partition coefficient (Wildman–Crippen LogP) is 3.56. The van der Waals surface area contributed by atoms with Crippen molar-refractivity contribution in [1.29, 1.82) is 0 Å². The third kappa shape index (κ3) is 4.51. The quantitative estimate of drug-likeness (QED) is 0.704. The van der Waals surface area contributed by atoms with E-state index in [2.05, 4.69) is 53.9 Å². The maximum Gasteiger partial charge on any atom is 0.344 e. The lowest BCUT2D eigenvalue weighted by Crippen LogP contribution is -2.49. The Kier molecular flexibility index (Phi) is 6.14. The number of aryl methyl sites for hydroxylation is 1. The number of nitrogens with zero attached hydrogens (tertiary/aromatic N) is 5.